The molecule has 0 aromatic heterocycles. The molecule has 0 spiro atoms. The number of nitrogens with one attached hydrogen (secondary N) is 1. The van der Waals surface area contributed by atoms with Crippen LogP contribution in [-0.4, -0.2) is 5.71 Å². The maximum absolute atomic E-state index is 13.4. The van der Waals surface area contributed by atoms with Gasteiger partial charge in [0.25, 0.3) is 0 Å². The van der Waals surface area contributed by atoms with E-state index in [-0.39, 0.29) is 5.71 Å². The van der Waals surface area contributed by atoms with E-state index in [0.717, 1.165) is 5.56 Å². The van der Waals surface area contributed by atoms with E-state index >= 15 is 0 Å². The number of hydrogen-bond donors (Lipinski definition) is 1. The summed E-state index contributed by atoms with van der Waals surface area (Å²) in [5.41, 5.74) is 1.80. The van der Waals surface area contributed by atoms with Crippen molar-refractivity contribution in [2.75, 3.05) is 5.43 Å². The van der Waals surface area contributed by atoms with Crippen LogP contribution in [0.2, 0.25) is 0 Å². The lowest BCUT2D eigenvalue weighted by atomic mass is 10.2. The molecule has 7 heteroatoms. The van der Waals surface area contributed by atoms with Gasteiger partial charge in [-0.2, -0.15) is 5.10 Å². The van der Waals surface area contributed by atoms with Gasteiger partial charge in [-0.25, -0.2) is 22.0 Å². The van der Waals surface area contributed by atoms with Gasteiger partial charge in [0.05, 0.1) is 5.71 Å². The summed E-state index contributed by atoms with van der Waals surface area (Å²) in [5, 5.41) is 3.59. The molecule has 0 aliphatic carbocycles. The normalized spacial score (nSPS) is 12.0. The Balaban J connectivity index is 2.21. The summed E-state index contributed by atoms with van der Waals surface area (Å²) in [4.78, 5) is 0. The number of rotatable bonds is 4. The Labute approximate surface area is 129 Å². The molecule has 0 fully saturated rings. The second-order valence-electron chi connectivity index (χ2n) is 4.55. The van der Waals surface area contributed by atoms with Crippen LogP contribution < -0.4 is 5.43 Å². The molecule has 120 valence electrons. The number of allylic oxidation sites excluding steroid dienone is 1. The van der Waals surface area contributed by atoms with Crippen LogP contribution in [0.25, 0.3) is 6.08 Å². The third-order valence-corrected chi connectivity index (χ3v) is 2.87. The molecule has 0 aliphatic heterocycles. The summed E-state index contributed by atoms with van der Waals surface area (Å²) in [6.45, 7) is 1.50. The molecule has 0 radical (unpaired) electrons. The van der Waals surface area contributed by atoms with Crippen molar-refractivity contribution in [1.82, 2.24) is 0 Å². The van der Waals surface area contributed by atoms with E-state index in [0.29, 0.717) is 0 Å². The molecule has 0 amide bonds. The lowest BCUT2D eigenvalue weighted by molar-refractivity contribution is 0.381. The average molecular weight is 326 g/mol. The predicted octanol–water partition coefficient (Wildman–Crippen LogP) is 4.88. The first-order valence-electron chi connectivity index (χ1n) is 6.46. The molecule has 0 saturated heterocycles. The fourth-order valence-electron chi connectivity index (χ4n) is 1.67. The molecule has 0 saturated carbocycles. The lowest BCUT2D eigenvalue weighted by Crippen LogP contribution is -2.07. The van der Waals surface area contributed by atoms with Crippen molar-refractivity contribution in [3.05, 3.63) is 71.1 Å². The van der Waals surface area contributed by atoms with Crippen molar-refractivity contribution in [2.45, 2.75) is 6.92 Å². The van der Waals surface area contributed by atoms with Crippen LogP contribution >= 0.6 is 0 Å². The molecule has 0 atom stereocenters. The van der Waals surface area contributed by atoms with Gasteiger partial charge in [-0.1, -0.05) is 36.4 Å². The van der Waals surface area contributed by atoms with E-state index in [1.54, 1.807) is 6.08 Å². The first-order chi connectivity index (χ1) is 10.9. The van der Waals surface area contributed by atoms with Gasteiger partial charge in [-0.05, 0) is 18.6 Å². The fraction of sp³-hybridized carbons (Fsp3) is 0.0625. The van der Waals surface area contributed by atoms with Gasteiger partial charge in [0.15, 0.2) is 23.3 Å². The smallest absolute Gasteiger partial charge is 0.200 e. The number of hydrazone groups is 1. The van der Waals surface area contributed by atoms with Crippen molar-refractivity contribution >= 4 is 17.5 Å². The number of anilines is 1. The monoisotopic (exact) mass is 326 g/mol. The molecule has 0 aliphatic rings. The van der Waals surface area contributed by atoms with Crippen molar-refractivity contribution in [3.8, 4) is 0 Å². The second-order valence-corrected chi connectivity index (χ2v) is 4.55. The third-order valence-electron chi connectivity index (χ3n) is 2.87. The molecular weight excluding hydrogens is 315 g/mol. The molecule has 2 aromatic carbocycles. The van der Waals surface area contributed by atoms with E-state index in [1.165, 1.54) is 13.0 Å². The second kappa shape index (κ2) is 7.04. The Hall–Kier alpha value is -2.70. The molecule has 0 unspecified atom stereocenters. The lowest BCUT2D eigenvalue weighted by Gasteiger charge is -2.07. The summed E-state index contributed by atoms with van der Waals surface area (Å²) in [6, 6.07) is 9.12. The number of hydrogen-bond acceptors (Lipinski definition) is 2. The van der Waals surface area contributed by atoms with Crippen molar-refractivity contribution in [1.29, 1.82) is 0 Å². The van der Waals surface area contributed by atoms with Crippen molar-refractivity contribution < 1.29 is 22.0 Å². The maximum Gasteiger partial charge on any atom is 0.200 e. The zero-order chi connectivity index (χ0) is 17.0. The van der Waals surface area contributed by atoms with E-state index in [1.807, 2.05) is 35.8 Å². The molecule has 0 heterocycles. The van der Waals surface area contributed by atoms with Gasteiger partial charge >= 0.3 is 0 Å². The number of benzene rings is 2. The zero-order valence-electron chi connectivity index (χ0n) is 11.9. The van der Waals surface area contributed by atoms with Crippen molar-refractivity contribution in [3.63, 3.8) is 0 Å². The largest absolute Gasteiger partial charge is 0.272 e. The summed E-state index contributed by atoms with van der Waals surface area (Å²) in [5.74, 6) is -10.2. The van der Waals surface area contributed by atoms with Crippen molar-refractivity contribution in [2.24, 2.45) is 5.10 Å². The minimum absolute atomic E-state index is 0.276. The minimum atomic E-state index is -2.21. The molecule has 1 N–H and O–H groups in total. The molecular formula is C16H11F5N2. The summed E-state index contributed by atoms with van der Waals surface area (Å²) in [7, 11) is 0. The topological polar surface area (TPSA) is 24.4 Å². The highest BCUT2D eigenvalue weighted by molar-refractivity contribution is 5.96. The number of halogens is 5. The predicted molar refractivity (Wildman–Crippen MR) is 78.4 cm³/mol. The number of nitrogens with zero attached hydrogens (tertiary/aromatic N) is 1. The molecule has 23 heavy (non-hydrogen) atoms. The van der Waals surface area contributed by atoms with E-state index in [4.69, 9.17) is 0 Å². The van der Waals surface area contributed by atoms with Gasteiger partial charge in [0.2, 0.25) is 5.82 Å². The SMILES string of the molecule is CC(/C=C/c1ccccc1)=N/Nc1c(F)c(F)c(F)c(F)c1F. The Morgan fingerprint density at radius 3 is 1.96 bits per heavy atom. The third kappa shape index (κ3) is 3.74. The minimum Gasteiger partial charge on any atom is -0.272 e. The Bertz CT molecular complexity index is 741. The standard InChI is InChI=1S/C16H11F5N2/c1-9(7-8-10-5-3-2-4-6-10)22-23-16-14(20)12(18)11(17)13(19)15(16)21/h2-8,23H,1H3/b8-7+,22-9-. The maximum atomic E-state index is 13.4. The zero-order valence-corrected chi connectivity index (χ0v) is 11.9. The molecule has 2 aromatic rings. The van der Waals surface area contributed by atoms with Crippen LogP contribution in [0.4, 0.5) is 27.6 Å². The van der Waals surface area contributed by atoms with Crippen LogP contribution in [0, 0.1) is 29.1 Å². The Kier molecular flexibility index (Phi) is 5.10. The Morgan fingerprint density at radius 2 is 1.39 bits per heavy atom. The highest BCUT2D eigenvalue weighted by Crippen LogP contribution is 2.27. The summed E-state index contributed by atoms with van der Waals surface area (Å²) in [6.07, 6.45) is 3.20. The molecule has 2 nitrogen and oxygen atoms in total. The highest BCUT2D eigenvalue weighted by Gasteiger charge is 2.25. The van der Waals surface area contributed by atoms with Gasteiger partial charge in [-0.15, -0.1) is 0 Å². The highest BCUT2D eigenvalue weighted by atomic mass is 19.2. The van der Waals surface area contributed by atoms with E-state index in [9.17, 15) is 22.0 Å². The van der Waals surface area contributed by atoms with Crippen LogP contribution in [-0.2, 0) is 0 Å². The fourth-order valence-corrected chi connectivity index (χ4v) is 1.67. The molecule has 0 bridgehead atoms. The summed E-state index contributed by atoms with van der Waals surface area (Å²) >= 11 is 0. The van der Waals surface area contributed by atoms with E-state index in [2.05, 4.69) is 5.10 Å². The van der Waals surface area contributed by atoms with Crippen LogP contribution in [0.15, 0.2) is 41.5 Å². The van der Waals surface area contributed by atoms with Gasteiger partial charge in [-0.3, -0.25) is 5.43 Å². The van der Waals surface area contributed by atoms with Gasteiger partial charge in [0, 0.05) is 0 Å². The van der Waals surface area contributed by atoms with Crippen LogP contribution in [0.5, 0.6) is 0 Å². The average Bonchev–Trinajstić information content (AvgIpc) is 2.57. The van der Waals surface area contributed by atoms with Crippen LogP contribution in [0.1, 0.15) is 12.5 Å². The molecule has 2 rings (SSSR count). The van der Waals surface area contributed by atoms with Gasteiger partial charge in [0.1, 0.15) is 5.69 Å². The quantitative estimate of drug-likeness (QED) is 0.280. The first-order valence-corrected chi connectivity index (χ1v) is 6.46. The first kappa shape index (κ1) is 16.7. The van der Waals surface area contributed by atoms with Crippen LogP contribution in [0.3, 0.4) is 0 Å². The van der Waals surface area contributed by atoms with Gasteiger partial charge < -0.3 is 0 Å². The van der Waals surface area contributed by atoms with E-state index < -0.39 is 34.8 Å². The Morgan fingerprint density at radius 1 is 0.870 bits per heavy atom. The summed E-state index contributed by atoms with van der Waals surface area (Å²) < 4.78 is 65.8.